The van der Waals surface area contributed by atoms with E-state index in [1.54, 1.807) is 0 Å². The van der Waals surface area contributed by atoms with Crippen molar-refractivity contribution in [3.8, 4) is 0 Å². The Labute approximate surface area is 130 Å². The SMILES string of the molecule is CCn1nc(C)c2nc(C(C)Cl)n(CC3(C)CCCO3)c21. The summed E-state index contributed by atoms with van der Waals surface area (Å²) in [5.41, 5.74) is 2.85. The van der Waals surface area contributed by atoms with Crippen LogP contribution in [0.5, 0.6) is 0 Å². The summed E-state index contributed by atoms with van der Waals surface area (Å²) in [5.74, 6) is 0.908. The van der Waals surface area contributed by atoms with Gasteiger partial charge in [-0.3, -0.25) is 0 Å². The van der Waals surface area contributed by atoms with Crippen LogP contribution in [0.4, 0.5) is 0 Å². The van der Waals surface area contributed by atoms with Crippen molar-refractivity contribution in [2.75, 3.05) is 6.61 Å². The highest BCUT2D eigenvalue weighted by molar-refractivity contribution is 6.20. The molecule has 5 nitrogen and oxygen atoms in total. The third-order valence-electron chi connectivity index (χ3n) is 4.28. The minimum absolute atomic E-state index is 0.132. The fourth-order valence-corrected chi connectivity index (χ4v) is 3.38. The zero-order valence-corrected chi connectivity index (χ0v) is 13.9. The molecule has 0 aromatic carbocycles. The number of rotatable bonds is 4. The molecule has 2 unspecified atom stereocenters. The smallest absolute Gasteiger partial charge is 0.159 e. The van der Waals surface area contributed by atoms with Crippen LogP contribution in [-0.4, -0.2) is 31.5 Å². The zero-order chi connectivity index (χ0) is 15.2. The summed E-state index contributed by atoms with van der Waals surface area (Å²) in [6.07, 6.45) is 2.19. The molecule has 3 heterocycles. The lowest BCUT2D eigenvalue weighted by atomic mass is 10.0. The largest absolute Gasteiger partial charge is 0.373 e. The van der Waals surface area contributed by atoms with Crippen LogP contribution in [0.1, 0.15) is 50.5 Å². The molecule has 2 aromatic heterocycles. The summed E-state index contributed by atoms with van der Waals surface area (Å²) in [7, 11) is 0. The first-order valence-electron chi connectivity index (χ1n) is 7.67. The number of hydrogen-bond acceptors (Lipinski definition) is 3. The Morgan fingerprint density at radius 1 is 1.48 bits per heavy atom. The number of nitrogens with zero attached hydrogens (tertiary/aromatic N) is 4. The van der Waals surface area contributed by atoms with Gasteiger partial charge in [-0.15, -0.1) is 11.6 Å². The molecule has 21 heavy (non-hydrogen) atoms. The number of hydrogen-bond donors (Lipinski definition) is 0. The lowest BCUT2D eigenvalue weighted by Crippen LogP contribution is -2.31. The standard InChI is InChI=1S/C15H23ClN4O/c1-5-20-14-12(11(3)18-20)17-13(10(2)16)19(14)9-15(4)7-6-8-21-15/h10H,5-9H2,1-4H3. The number of alkyl halides is 1. The zero-order valence-electron chi connectivity index (χ0n) is 13.2. The summed E-state index contributed by atoms with van der Waals surface area (Å²) in [6, 6.07) is 0. The minimum atomic E-state index is -0.134. The van der Waals surface area contributed by atoms with Gasteiger partial charge in [0.25, 0.3) is 0 Å². The van der Waals surface area contributed by atoms with Gasteiger partial charge in [-0.2, -0.15) is 5.10 Å². The van der Waals surface area contributed by atoms with Crippen LogP contribution in [0.2, 0.25) is 0 Å². The average molecular weight is 311 g/mol. The van der Waals surface area contributed by atoms with E-state index >= 15 is 0 Å². The lowest BCUT2D eigenvalue weighted by Gasteiger charge is -2.25. The van der Waals surface area contributed by atoms with Crippen molar-refractivity contribution in [2.24, 2.45) is 0 Å². The molecule has 0 N–H and O–H groups in total. The molecule has 1 aliphatic rings. The van der Waals surface area contributed by atoms with Crippen LogP contribution in [0.25, 0.3) is 11.2 Å². The second-order valence-electron chi connectivity index (χ2n) is 6.15. The molecule has 3 rings (SSSR count). The average Bonchev–Trinajstić information content (AvgIpc) is 3.08. The molecule has 0 bridgehead atoms. The molecule has 0 spiro atoms. The van der Waals surface area contributed by atoms with Crippen LogP contribution < -0.4 is 0 Å². The molecule has 1 fully saturated rings. The third kappa shape index (κ3) is 2.46. The molecule has 116 valence electrons. The van der Waals surface area contributed by atoms with Gasteiger partial charge in [-0.1, -0.05) is 0 Å². The van der Waals surface area contributed by atoms with Gasteiger partial charge in [0.15, 0.2) is 5.65 Å². The highest BCUT2D eigenvalue weighted by Gasteiger charge is 2.33. The van der Waals surface area contributed by atoms with E-state index in [0.717, 1.165) is 55.2 Å². The van der Waals surface area contributed by atoms with Crippen molar-refractivity contribution < 1.29 is 4.74 Å². The van der Waals surface area contributed by atoms with Gasteiger partial charge < -0.3 is 9.30 Å². The predicted molar refractivity (Wildman–Crippen MR) is 83.8 cm³/mol. The Balaban J connectivity index is 2.15. The van der Waals surface area contributed by atoms with Gasteiger partial charge in [0, 0.05) is 13.2 Å². The summed E-state index contributed by atoms with van der Waals surface area (Å²) in [4.78, 5) is 4.75. The van der Waals surface area contributed by atoms with Crippen LogP contribution in [0.15, 0.2) is 0 Å². The maximum atomic E-state index is 6.36. The second kappa shape index (κ2) is 5.29. The first-order chi connectivity index (χ1) is 9.95. The summed E-state index contributed by atoms with van der Waals surface area (Å²) < 4.78 is 10.2. The van der Waals surface area contributed by atoms with Crippen molar-refractivity contribution >= 4 is 22.8 Å². The monoisotopic (exact) mass is 310 g/mol. The molecule has 2 atom stereocenters. The van der Waals surface area contributed by atoms with Gasteiger partial charge in [0.05, 0.1) is 23.2 Å². The summed E-state index contributed by atoms with van der Waals surface area (Å²) in [5, 5.41) is 4.44. The first kappa shape index (κ1) is 14.9. The van der Waals surface area contributed by atoms with E-state index in [9.17, 15) is 0 Å². The Morgan fingerprint density at radius 3 is 2.81 bits per heavy atom. The quantitative estimate of drug-likeness (QED) is 0.813. The number of ether oxygens (including phenoxy) is 1. The fourth-order valence-electron chi connectivity index (χ4n) is 3.22. The third-order valence-corrected chi connectivity index (χ3v) is 4.47. The fraction of sp³-hybridized carbons (Fsp3) is 0.733. The van der Waals surface area contributed by atoms with Crippen molar-refractivity contribution in [3.05, 3.63) is 11.5 Å². The molecule has 2 aromatic rings. The molecular formula is C15H23ClN4O. The maximum Gasteiger partial charge on any atom is 0.159 e. The molecule has 6 heteroatoms. The normalized spacial score (nSPS) is 24.0. The molecule has 0 saturated carbocycles. The molecule has 0 aliphatic carbocycles. The number of aromatic nitrogens is 4. The van der Waals surface area contributed by atoms with E-state index in [2.05, 4.69) is 23.5 Å². The lowest BCUT2D eigenvalue weighted by molar-refractivity contribution is 0.00626. The second-order valence-corrected chi connectivity index (χ2v) is 6.80. The van der Waals surface area contributed by atoms with E-state index in [1.807, 2.05) is 18.5 Å². The highest BCUT2D eigenvalue weighted by Crippen LogP contribution is 2.32. The van der Waals surface area contributed by atoms with Crippen LogP contribution in [-0.2, 0) is 17.8 Å². The van der Waals surface area contributed by atoms with Crippen molar-refractivity contribution in [3.63, 3.8) is 0 Å². The topological polar surface area (TPSA) is 44.9 Å². The van der Waals surface area contributed by atoms with Gasteiger partial charge in [0.2, 0.25) is 0 Å². The van der Waals surface area contributed by atoms with E-state index in [0.29, 0.717) is 0 Å². The molecule has 0 radical (unpaired) electrons. The van der Waals surface area contributed by atoms with Gasteiger partial charge >= 0.3 is 0 Å². The van der Waals surface area contributed by atoms with Gasteiger partial charge in [0.1, 0.15) is 11.3 Å². The number of imidazole rings is 1. The van der Waals surface area contributed by atoms with Gasteiger partial charge in [-0.25, -0.2) is 9.67 Å². The Bertz CT molecular complexity index is 652. The Kier molecular flexibility index (Phi) is 3.74. The van der Waals surface area contributed by atoms with Crippen LogP contribution >= 0.6 is 11.6 Å². The first-order valence-corrected chi connectivity index (χ1v) is 8.10. The number of aryl methyl sites for hydroxylation is 2. The van der Waals surface area contributed by atoms with Crippen LogP contribution in [0.3, 0.4) is 0 Å². The minimum Gasteiger partial charge on any atom is -0.373 e. The Hall–Kier alpha value is -1.07. The maximum absolute atomic E-state index is 6.36. The highest BCUT2D eigenvalue weighted by atomic mass is 35.5. The summed E-state index contributed by atoms with van der Waals surface area (Å²) in [6.45, 7) is 10.7. The molecule has 0 amide bonds. The molecule has 1 aliphatic heterocycles. The Morgan fingerprint density at radius 2 is 2.24 bits per heavy atom. The van der Waals surface area contributed by atoms with E-state index in [-0.39, 0.29) is 11.0 Å². The van der Waals surface area contributed by atoms with Crippen molar-refractivity contribution in [2.45, 2.75) is 64.6 Å². The molecular weight excluding hydrogens is 288 g/mol. The van der Waals surface area contributed by atoms with Gasteiger partial charge in [-0.05, 0) is 40.5 Å². The number of fused-ring (bicyclic) bond motifs is 1. The van der Waals surface area contributed by atoms with Crippen molar-refractivity contribution in [1.29, 1.82) is 0 Å². The van der Waals surface area contributed by atoms with E-state index in [1.165, 1.54) is 0 Å². The molecule has 1 saturated heterocycles. The predicted octanol–water partition coefficient (Wildman–Crippen LogP) is 3.43. The van der Waals surface area contributed by atoms with Crippen molar-refractivity contribution in [1.82, 2.24) is 19.3 Å². The van der Waals surface area contributed by atoms with Crippen LogP contribution in [0, 0.1) is 6.92 Å². The van der Waals surface area contributed by atoms with E-state index in [4.69, 9.17) is 21.3 Å². The number of halogens is 1. The van der Waals surface area contributed by atoms with E-state index < -0.39 is 0 Å². The summed E-state index contributed by atoms with van der Waals surface area (Å²) >= 11 is 6.36.